The molecule has 0 saturated heterocycles. The molecule has 2 rings (SSSR count). The summed E-state index contributed by atoms with van der Waals surface area (Å²) in [4.78, 5) is 2.59. The number of rotatable bonds is 10. The number of allylic oxidation sites excluding steroid dienone is 2. The van der Waals surface area contributed by atoms with E-state index in [2.05, 4.69) is 38.1 Å². The summed E-state index contributed by atoms with van der Waals surface area (Å²) in [7, 11) is 0. The standard InChI is InChI=1S/C22H34O3S/c1-3-4-5-6-7-8-19-20(22(25)15-21(19)24)14-11-17(23)10-13-18-12-9-16(2)26-18/h6-7,9,11-12,14,17,19-25H,3-5,8,10,13,15H2,1-2H3/b7-6-,14-11+/t17-,19-,20-,21+,22+/m1/s1. The third kappa shape index (κ3) is 6.66. The summed E-state index contributed by atoms with van der Waals surface area (Å²) in [5.41, 5.74) is 0. The van der Waals surface area contributed by atoms with Crippen molar-refractivity contribution in [1.29, 1.82) is 0 Å². The first-order chi connectivity index (χ1) is 12.5. The van der Waals surface area contributed by atoms with Gasteiger partial charge in [0.2, 0.25) is 0 Å². The van der Waals surface area contributed by atoms with E-state index in [1.54, 1.807) is 17.4 Å². The van der Waals surface area contributed by atoms with Crippen molar-refractivity contribution in [2.45, 2.75) is 77.1 Å². The monoisotopic (exact) mass is 378 g/mol. The van der Waals surface area contributed by atoms with Gasteiger partial charge in [-0.15, -0.1) is 11.3 Å². The second-order valence-electron chi connectivity index (χ2n) is 7.46. The summed E-state index contributed by atoms with van der Waals surface area (Å²) in [6.45, 7) is 4.27. The molecule has 0 aromatic carbocycles. The third-order valence-electron chi connectivity index (χ3n) is 5.25. The van der Waals surface area contributed by atoms with Crippen LogP contribution in [0.25, 0.3) is 0 Å². The van der Waals surface area contributed by atoms with Gasteiger partial charge >= 0.3 is 0 Å². The van der Waals surface area contributed by atoms with Crippen LogP contribution in [0.2, 0.25) is 0 Å². The van der Waals surface area contributed by atoms with Gasteiger partial charge in [-0.3, -0.25) is 0 Å². The van der Waals surface area contributed by atoms with Gasteiger partial charge < -0.3 is 15.3 Å². The predicted octanol–water partition coefficient (Wildman–Crippen LogP) is 4.40. The molecule has 1 aromatic heterocycles. The van der Waals surface area contributed by atoms with Crippen molar-refractivity contribution < 1.29 is 15.3 Å². The van der Waals surface area contributed by atoms with Gasteiger partial charge in [0.15, 0.2) is 0 Å². The minimum Gasteiger partial charge on any atom is -0.393 e. The first-order valence-corrected chi connectivity index (χ1v) is 10.8. The van der Waals surface area contributed by atoms with E-state index < -0.39 is 18.3 Å². The molecule has 146 valence electrons. The summed E-state index contributed by atoms with van der Waals surface area (Å²) in [5, 5.41) is 30.8. The zero-order valence-electron chi connectivity index (χ0n) is 16.1. The summed E-state index contributed by atoms with van der Waals surface area (Å²) < 4.78 is 0. The molecular weight excluding hydrogens is 344 g/mol. The fourth-order valence-corrected chi connectivity index (χ4v) is 4.57. The average molecular weight is 379 g/mol. The van der Waals surface area contributed by atoms with Crippen molar-refractivity contribution in [1.82, 2.24) is 0 Å². The van der Waals surface area contributed by atoms with Crippen LogP contribution >= 0.6 is 11.3 Å². The topological polar surface area (TPSA) is 60.7 Å². The van der Waals surface area contributed by atoms with Crippen LogP contribution in [0, 0.1) is 18.8 Å². The van der Waals surface area contributed by atoms with Gasteiger partial charge in [-0.1, -0.05) is 44.1 Å². The summed E-state index contributed by atoms with van der Waals surface area (Å²) in [6, 6.07) is 4.23. The third-order valence-corrected chi connectivity index (χ3v) is 6.31. The fourth-order valence-electron chi connectivity index (χ4n) is 3.66. The van der Waals surface area contributed by atoms with E-state index in [1.807, 2.05) is 6.08 Å². The van der Waals surface area contributed by atoms with E-state index in [4.69, 9.17) is 0 Å². The quantitative estimate of drug-likeness (QED) is 0.418. The molecule has 1 heterocycles. The molecule has 0 unspecified atom stereocenters. The van der Waals surface area contributed by atoms with Gasteiger partial charge in [0, 0.05) is 22.1 Å². The molecule has 1 saturated carbocycles. The number of aliphatic hydroxyl groups is 3. The Morgan fingerprint density at radius 2 is 2.04 bits per heavy atom. The zero-order chi connectivity index (χ0) is 18.9. The van der Waals surface area contributed by atoms with Crippen molar-refractivity contribution in [2.75, 3.05) is 0 Å². The fraction of sp³-hybridized carbons (Fsp3) is 0.636. The van der Waals surface area contributed by atoms with E-state index in [-0.39, 0.29) is 11.8 Å². The molecule has 1 aliphatic carbocycles. The lowest BCUT2D eigenvalue weighted by Crippen LogP contribution is -2.20. The molecule has 26 heavy (non-hydrogen) atoms. The van der Waals surface area contributed by atoms with Crippen LogP contribution in [0.15, 0.2) is 36.4 Å². The Bertz CT molecular complexity index is 578. The summed E-state index contributed by atoms with van der Waals surface area (Å²) in [5.74, 6) is -0.0503. The molecule has 4 heteroatoms. The summed E-state index contributed by atoms with van der Waals surface area (Å²) >= 11 is 1.77. The second kappa shape index (κ2) is 11.0. The first-order valence-electron chi connectivity index (χ1n) is 9.94. The molecule has 1 aliphatic rings. The van der Waals surface area contributed by atoms with Gasteiger partial charge in [0.25, 0.3) is 0 Å². The van der Waals surface area contributed by atoms with Crippen LogP contribution in [0.5, 0.6) is 0 Å². The number of thiophene rings is 1. The van der Waals surface area contributed by atoms with Gasteiger partial charge in [-0.25, -0.2) is 0 Å². The molecule has 0 bridgehead atoms. The summed E-state index contributed by atoms with van der Waals surface area (Å²) in [6.07, 6.45) is 12.7. The van der Waals surface area contributed by atoms with Crippen molar-refractivity contribution in [3.63, 3.8) is 0 Å². The van der Waals surface area contributed by atoms with Crippen molar-refractivity contribution in [3.05, 3.63) is 46.2 Å². The lowest BCUT2D eigenvalue weighted by molar-refractivity contribution is 0.120. The number of aryl methyl sites for hydroxylation is 2. The minimum absolute atomic E-state index is 0.0336. The Morgan fingerprint density at radius 3 is 2.73 bits per heavy atom. The molecule has 3 nitrogen and oxygen atoms in total. The maximum atomic E-state index is 10.3. The molecule has 0 radical (unpaired) electrons. The Hall–Kier alpha value is -0.940. The Morgan fingerprint density at radius 1 is 1.23 bits per heavy atom. The van der Waals surface area contributed by atoms with Crippen molar-refractivity contribution >= 4 is 11.3 Å². The first kappa shape index (κ1) is 21.4. The highest BCUT2D eigenvalue weighted by Gasteiger charge is 2.39. The zero-order valence-corrected chi connectivity index (χ0v) is 16.9. The molecular formula is C22H34O3S. The number of aliphatic hydroxyl groups excluding tert-OH is 3. The van der Waals surface area contributed by atoms with E-state index >= 15 is 0 Å². The van der Waals surface area contributed by atoms with Crippen molar-refractivity contribution in [2.24, 2.45) is 11.8 Å². The van der Waals surface area contributed by atoms with Gasteiger partial charge in [0.1, 0.15) is 0 Å². The van der Waals surface area contributed by atoms with Crippen LogP contribution in [0.4, 0.5) is 0 Å². The van der Waals surface area contributed by atoms with Crippen LogP contribution in [-0.4, -0.2) is 33.6 Å². The lowest BCUT2D eigenvalue weighted by atomic mass is 9.89. The molecule has 3 N–H and O–H groups in total. The molecule has 0 amide bonds. The molecule has 0 spiro atoms. The number of hydrogen-bond acceptors (Lipinski definition) is 4. The lowest BCUT2D eigenvalue weighted by Gasteiger charge is -2.19. The Kier molecular flexibility index (Phi) is 9.06. The highest BCUT2D eigenvalue weighted by atomic mass is 32.1. The van der Waals surface area contributed by atoms with Gasteiger partial charge in [-0.05, 0) is 50.7 Å². The molecule has 1 aromatic rings. The van der Waals surface area contributed by atoms with E-state index in [0.717, 1.165) is 19.3 Å². The number of hydrogen-bond donors (Lipinski definition) is 3. The molecule has 0 aliphatic heterocycles. The minimum atomic E-state index is -0.526. The van der Waals surface area contributed by atoms with Crippen LogP contribution in [0.3, 0.4) is 0 Å². The van der Waals surface area contributed by atoms with E-state index in [1.165, 1.54) is 22.6 Å². The Labute approximate surface area is 162 Å². The predicted molar refractivity (Wildman–Crippen MR) is 109 cm³/mol. The normalized spacial score (nSPS) is 27.7. The Balaban J connectivity index is 1.84. The van der Waals surface area contributed by atoms with Crippen molar-refractivity contribution in [3.8, 4) is 0 Å². The highest BCUT2D eigenvalue weighted by molar-refractivity contribution is 7.11. The average Bonchev–Trinajstić information content (AvgIpc) is 3.14. The number of unbranched alkanes of at least 4 members (excludes halogenated alkanes) is 2. The van der Waals surface area contributed by atoms with Gasteiger partial charge in [0.05, 0.1) is 18.3 Å². The maximum Gasteiger partial charge on any atom is 0.0724 e. The largest absolute Gasteiger partial charge is 0.393 e. The molecule has 1 fully saturated rings. The second-order valence-corrected chi connectivity index (χ2v) is 8.84. The van der Waals surface area contributed by atoms with Crippen LogP contribution < -0.4 is 0 Å². The van der Waals surface area contributed by atoms with Crippen LogP contribution in [-0.2, 0) is 6.42 Å². The SMILES string of the molecule is CCCC/C=C\C[C@@H]1[C@@H](/C=C/[C@H](O)CCc2ccc(C)s2)[C@@H](O)C[C@@H]1O. The highest BCUT2D eigenvalue weighted by Crippen LogP contribution is 2.36. The van der Waals surface area contributed by atoms with Gasteiger partial charge in [-0.2, -0.15) is 0 Å². The van der Waals surface area contributed by atoms with E-state index in [0.29, 0.717) is 12.8 Å². The molecule has 5 atom stereocenters. The van der Waals surface area contributed by atoms with E-state index in [9.17, 15) is 15.3 Å². The van der Waals surface area contributed by atoms with Crippen LogP contribution in [0.1, 0.15) is 55.2 Å². The smallest absolute Gasteiger partial charge is 0.0724 e. The maximum absolute atomic E-state index is 10.3.